The minimum absolute atomic E-state index is 0.275. The van der Waals surface area contributed by atoms with Crippen LogP contribution in [0.15, 0.2) is 28.0 Å². The maximum absolute atomic E-state index is 2.37. The molecule has 0 spiro atoms. The Kier molecular flexibility index (Phi) is 2.85. The zero-order valence-electron chi connectivity index (χ0n) is 8.96. The van der Waals surface area contributed by atoms with Crippen molar-refractivity contribution in [2.45, 2.75) is 36.0 Å². The van der Waals surface area contributed by atoms with Gasteiger partial charge in [0.05, 0.1) is 0 Å². The first-order chi connectivity index (χ1) is 6.57. The van der Waals surface area contributed by atoms with E-state index in [-0.39, 0.29) is 5.41 Å². The first-order valence-corrected chi connectivity index (χ1v) is 6.94. The van der Waals surface area contributed by atoms with Crippen molar-refractivity contribution in [2.75, 3.05) is 11.5 Å². The molecule has 1 aliphatic rings. The van der Waals surface area contributed by atoms with Gasteiger partial charge in [-0.25, -0.2) is 0 Å². The van der Waals surface area contributed by atoms with Crippen LogP contribution in [-0.4, -0.2) is 11.5 Å². The molecule has 0 N–H and O–H groups in total. The molecule has 0 atom stereocenters. The van der Waals surface area contributed by atoms with Gasteiger partial charge in [-0.2, -0.15) is 0 Å². The summed E-state index contributed by atoms with van der Waals surface area (Å²) in [6.45, 7) is 6.82. The molecule has 0 nitrogen and oxygen atoms in total. The topological polar surface area (TPSA) is 0 Å². The molecule has 2 heteroatoms. The molecular weight excluding hydrogens is 208 g/mol. The van der Waals surface area contributed by atoms with Crippen molar-refractivity contribution in [1.29, 1.82) is 0 Å². The number of hydrogen-bond acceptors (Lipinski definition) is 2. The molecular formula is C12H16S2. The molecule has 0 saturated heterocycles. The highest BCUT2D eigenvalue weighted by molar-refractivity contribution is 8.05. The van der Waals surface area contributed by atoms with Crippen LogP contribution in [-0.2, 0) is 5.41 Å². The molecule has 0 saturated carbocycles. The van der Waals surface area contributed by atoms with Gasteiger partial charge in [0.15, 0.2) is 0 Å². The molecule has 0 fully saturated rings. The highest BCUT2D eigenvalue weighted by atomic mass is 32.2. The van der Waals surface area contributed by atoms with E-state index in [1.807, 2.05) is 23.5 Å². The summed E-state index contributed by atoms with van der Waals surface area (Å²) in [6.07, 6.45) is 0. The maximum Gasteiger partial charge on any atom is 0.0211 e. The Morgan fingerprint density at radius 3 is 2.29 bits per heavy atom. The molecule has 1 heterocycles. The zero-order valence-corrected chi connectivity index (χ0v) is 10.6. The lowest BCUT2D eigenvalue weighted by Crippen LogP contribution is -2.11. The van der Waals surface area contributed by atoms with Crippen LogP contribution < -0.4 is 0 Å². The second-order valence-electron chi connectivity index (χ2n) is 4.61. The molecule has 0 unspecified atom stereocenters. The first kappa shape index (κ1) is 10.4. The quantitative estimate of drug-likeness (QED) is 0.648. The van der Waals surface area contributed by atoms with Crippen LogP contribution in [0.5, 0.6) is 0 Å². The third kappa shape index (κ3) is 2.12. The van der Waals surface area contributed by atoms with Crippen molar-refractivity contribution in [3.8, 4) is 0 Å². The fraction of sp³-hybridized carbons (Fsp3) is 0.500. The Hall–Kier alpha value is -0.0800. The van der Waals surface area contributed by atoms with E-state index in [1.165, 1.54) is 26.9 Å². The Morgan fingerprint density at radius 1 is 1.00 bits per heavy atom. The first-order valence-electron chi connectivity index (χ1n) is 4.97. The summed E-state index contributed by atoms with van der Waals surface area (Å²) in [4.78, 5) is 2.95. The SMILES string of the molecule is CC(C)(C)c1ccc2c(c1)SCCS2. The van der Waals surface area contributed by atoms with Gasteiger partial charge in [0.25, 0.3) is 0 Å². The Bertz CT molecular complexity index is 337. The summed E-state index contributed by atoms with van der Waals surface area (Å²) >= 11 is 3.99. The van der Waals surface area contributed by atoms with Crippen molar-refractivity contribution in [1.82, 2.24) is 0 Å². The lowest BCUT2D eigenvalue weighted by Gasteiger charge is -2.22. The van der Waals surface area contributed by atoms with Crippen LogP contribution in [0.25, 0.3) is 0 Å². The van der Waals surface area contributed by atoms with E-state index >= 15 is 0 Å². The van der Waals surface area contributed by atoms with Crippen molar-refractivity contribution < 1.29 is 0 Å². The molecule has 0 aromatic heterocycles. The zero-order chi connectivity index (χ0) is 10.2. The Morgan fingerprint density at radius 2 is 1.64 bits per heavy atom. The molecule has 0 radical (unpaired) electrons. The molecule has 14 heavy (non-hydrogen) atoms. The van der Waals surface area contributed by atoms with E-state index in [0.717, 1.165) is 0 Å². The second kappa shape index (κ2) is 3.82. The third-order valence-corrected chi connectivity index (χ3v) is 4.93. The third-order valence-electron chi connectivity index (χ3n) is 2.41. The number of rotatable bonds is 0. The molecule has 1 aromatic rings. The van der Waals surface area contributed by atoms with Gasteiger partial charge in [-0.1, -0.05) is 26.8 Å². The minimum atomic E-state index is 0.275. The second-order valence-corrected chi connectivity index (χ2v) is 6.88. The van der Waals surface area contributed by atoms with Crippen LogP contribution in [0.2, 0.25) is 0 Å². The van der Waals surface area contributed by atoms with Gasteiger partial charge in [0.2, 0.25) is 0 Å². The normalized spacial score (nSPS) is 16.5. The van der Waals surface area contributed by atoms with Gasteiger partial charge < -0.3 is 0 Å². The molecule has 1 aromatic carbocycles. The average Bonchev–Trinajstić information content (AvgIpc) is 2.16. The van der Waals surface area contributed by atoms with Crippen LogP contribution in [0.4, 0.5) is 0 Å². The average molecular weight is 224 g/mol. The van der Waals surface area contributed by atoms with Gasteiger partial charge in [-0.15, -0.1) is 23.5 Å². The van der Waals surface area contributed by atoms with E-state index in [2.05, 4.69) is 39.0 Å². The van der Waals surface area contributed by atoms with Crippen LogP contribution in [0, 0.1) is 0 Å². The summed E-state index contributed by atoms with van der Waals surface area (Å²) in [5.74, 6) is 2.51. The number of thioether (sulfide) groups is 2. The van der Waals surface area contributed by atoms with Crippen LogP contribution in [0.1, 0.15) is 26.3 Å². The van der Waals surface area contributed by atoms with Crippen molar-refractivity contribution in [3.05, 3.63) is 23.8 Å². The Balaban J connectivity index is 2.39. The fourth-order valence-corrected chi connectivity index (χ4v) is 3.76. The summed E-state index contributed by atoms with van der Waals surface area (Å²) in [6, 6.07) is 6.93. The van der Waals surface area contributed by atoms with E-state index in [4.69, 9.17) is 0 Å². The number of benzene rings is 1. The summed E-state index contributed by atoms with van der Waals surface area (Å²) in [5.41, 5.74) is 1.73. The predicted molar refractivity (Wildman–Crippen MR) is 66.6 cm³/mol. The van der Waals surface area contributed by atoms with Gasteiger partial charge in [-0.05, 0) is 23.1 Å². The van der Waals surface area contributed by atoms with Crippen molar-refractivity contribution >= 4 is 23.5 Å². The highest BCUT2D eigenvalue weighted by Crippen LogP contribution is 2.38. The smallest absolute Gasteiger partial charge is 0.0211 e. The van der Waals surface area contributed by atoms with E-state index in [1.54, 1.807) is 0 Å². The minimum Gasteiger partial charge on any atom is -0.124 e. The van der Waals surface area contributed by atoms with Gasteiger partial charge >= 0.3 is 0 Å². The standard InChI is InChI=1S/C12H16S2/c1-12(2,3)9-4-5-10-11(8-9)14-7-6-13-10/h4-5,8H,6-7H2,1-3H3. The van der Waals surface area contributed by atoms with Crippen LogP contribution >= 0.6 is 23.5 Å². The molecule has 0 aliphatic carbocycles. The van der Waals surface area contributed by atoms with Gasteiger partial charge in [0, 0.05) is 21.3 Å². The van der Waals surface area contributed by atoms with E-state index in [9.17, 15) is 0 Å². The number of hydrogen-bond donors (Lipinski definition) is 0. The molecule has 0 amide bonds. The lowest BCUT2D eigenvalue weighted by atomic mass is 9.87. The molecule has 76 valence electrons. The maximum atomic E-state index is 2.37. The lowest BCUT2D eigenvalue weighted by molar-refractivity contribution is 0.587. The Labute approximate surface area is 94.9 Å². The van der Waals surface area contributed by atoms with Gasteiger partial charge in [0.1, 0.15) is 0 Å². The van der Waals surface area contributed by atoms with Crippen molar-refractivity contribution in [2.24, 2.45) is 0 Å². The fourth-order valence-electron chi connectivity index (χ4n) is 1.51. The summed E-state index contributed by atoms with van der Waals surface area (Å²) in [5, 5.41) is 0. The predicted octanol–water partition coefficient (Wildman–Crippen LogP) is 4.18. The molecule has 2 rings (SSSR count). The summed E-state index contributed by atoms with van der Waals surface area (Å²) < 4.78 is 0. The van der Waals surface area contributed by atoms with E-state index < -0.39 is 0 Å². The largest absolute Gasteiger partial charge is 0.124 e. The summed E-state index contributed by atoms with van der Waals surface area (Å²) in [7, 11) is 0. The van der Waals surface area contributed by atoms with Crippen molar-refractivity contribution in [3.63, 3.8) is 0 Å². The van der Waals surface area contributed by atoms with E-state index in [0.29, 0.717) is 0 Å². The number of fused-ring (bicyclic) bond motifs is 1. The van der Waals surface area contributed by atoms with Gasteiger partial charge in [-0.3, -0.25) is 0 Å². The highest BCUT2D eigenvalue weighted by Gasteiger charge is 2.17. The molecule has 0 bridgehead atoms. The monoisotopic (exact) mass is 224 g/mol. The van der Waals surface area contributed by atoms with Crippen LogP contribution in [0.3, 0.4) is 0 Å². The molecule has 1 aliphatic heterocycles.